The summed E-state index contributed by atoms with van der Waals surface area (Å²) >= 11 is 0. The van der Waals surface area contributed by atoms with Gasteiger partial charge in [-0.15, -0.1) is 0 Å². The fourth-order valence-corrected chi connectivity index (χ4v) is 12.2. The van der Waals surface area contributed by atoms with Gasteiger partial charge in [0.05, 0.1) is 13.2 Å². The number of nitrogens with zero attached hydrogens (tertiary/aromatic N) is 1. The van der Waals surface area contributed by atoms with Crippen LogP contribution in [0.15, 0.2) is 24.3 Å². The Labute approximate surface area is 245 Å². The number of likely N-dealkylation sites (tertiary alicyclic amines) is 1. The molecule has 1 N–H and O–H groups in total. The first-order chi connectivity index (χ1) is 18.7. The SMILES string of the molecule is C=C(C)[C@@H]1CC[C@]2(C)CC[C@]3(C)[C@H](CC[C@@H]4[C@@](C)(CCCN5C[C@H](O)C[C@H]5C(=O)OC)[C@H](C(=C)C)CC[C@]43C)[C@@H]12. The van der Waals surface area contributed by atoms with Crippen LogP contribution in [0.1, 0.15) is 112 Å². The van der Waals surface area contributed by atoms with Gasteiger partial charge in [-0.3, -0.25) is 9.69 Å². The number of methoxy groups -OCH3 is 1. The van der Waals surface area contributed by atoms with Crippen LogP contribution in [-0.2, 0) is 9.53 Å². The number of hydrogen-bond acceptors (Lipinski definition) is 4. The first-order valence-electron chi connectivity index (χ1n) is 16.5. The van der Waals surface area contributed by atoms with Crippen molar-refractivity contribution in [3.05, 3.63) is 24.3 Å². The summed E-state index contributed by atoms with van der Waals surface area (Å²) in [4.78, 5) is 14.6. The molecule has 1 saturated heterocycles. The summed E-state index contributed by atoms with van der Waals surface area (Å²) in [5.41, 5.74) is 4.18. The molecule has 5 fully saturated rings. The molecule has 5 rings (SSSR count). The van der Waals surface area contributed by atoms with Gasteiger partial charge >= 0.3 is 5.97 Å². The van der Waals surface area contributed by atoms with Crippen LogP contribution >= 0.6 is 0 Å². The Balaban J connectivity index is 1.41. The lowest BCUT2D eigenvalue weighted by molar-refractivity contribution is -0.213. The third-order valence-electron chi connectivity index (χ3n) is 14.4. The molecular weight excluding hydrogens is 494 g/mol. The Morgan fingerprint density at radius 2 is 1.68 bits per heavy atom. The molecule has 4 nitrogen and oxygen atoms in total. The smallest absolute Gasteiger partial charge is 0.323 e. The van der Waals surface area contributed by atoms with E-state index >= 15 is 0 Å². The van der Waals surface area contributed by atoms with Gasteiger partial charge in [0.15, 0.2) is 0 Å². The van der Waals surface area contributed by atoms with Crippen molar-refractivity contribution >= 4 is 5.97 Å². The second kappa shape index (κ2) is 10.5. The van der Waals surface area contributed by atoms with Gasteiger partial charge in [-0.05, 0) is 136 Å². The van der Waals surface area contributed by atoms with Crippen molar-refractivity contribution in [3.8, 4) is 0 Å². The molecule has 0 radical (unpaired) electrons. The molecule has 1 aliphatic heterocycles. The van der Waals surface area contributed by atoms with Crippen molar-refractivity contribution < 1.29 is 14.6 Å². The normalized spacial score (nSPS) is 48.6. The summed E-state index contributed by atoms with van der Waals surface area (Å²) in [6, 6.07) is -0.306. The average molecular weight is 554 g/mol. The maximum Gasteiger partial charge on any atom is 0.323 e. The molecule has 0 bridgehead atoms. The molecule has 1 heterocycles. The van der Waals surface area contributed by atoms with Gasteiger partial charge in [0.25, 0.3) is 0 Å². The minimum Gasteiger partial charge on any atom is -0.468 e. The first kappa shape index (κ1) is 30.3. The second-order valence-corrected chi connectivity index (χ2v) is 16.2. The minimum atomic E-state index is -0.438. The van der Waals surface area contributed by atoms with Crippen LogP contribution in [-0.4, -0.2) is 48.3 Å². The zero-order valence-electron chi connectivity index (χ0n) is 26.9. The fraction of sp³-hybridized carbons (Fsp3) is 0.861. The van der Waals surface area contributed by atoms with Crippen molar-refractivity contribution in [2.75, 3.05) is 20.2 Å². The molecular formula is C36H59NO3. The lowest BCUT2D eigenvalue weighted by Gasteiger charge is -2.71. The molecule has 4 heteroatoms. The van der Waals surface area contributed by atoms with Crippen molar-refractivity contribution in [1.82, 2.24) is 4.90 Å². The average Bonchev–Trinajstić information content (AvgIpc) is 3.43. The van der Waals surface area contributed by atoms with E-state index in [2.05, 4.69) is 59.6 Å². The Morgan fingerprint density at radius 1 is 0.950 bits per heavy atom. The third-order valence-corrected chi connectivity index (χ3v) is 14.4. The van der Waals surface area contributed by atoms with E-state index in [1.807, 2.05) is 0 Å². The Kier molecular flexibility index (Phi) is 8.00. The van der Waals surface area contributed by atoms with E-state index in [-0.39, 0.29) is 17.4 Å². The Morgan fingerprint density at radius 3 is 2.33 bits per heavy atom. The molecule has 226 valence electrons. The number of aliphatic hydroxyl groups is 1. The number of aliphatic hydroxyl groups excluding tert-OH is 1. The molecule has 4 aliphatic carbocycles. The fourth-order valence-electron chi connectivity index (χ4n) is 12.2. The van der Waals surface area contributed by atoms with E-state index < -0.39 is 6.10 Å². The number of allylic oxidation sites excluding steroid dienone is 2. The molecule has 0 aromatic heterocycles. The molecule has 0 aromatic rings. The van der Waals surface area contributed by atoms with E-state index in [0.29, 0.717) is 47.0 Å². The predicted molar refractivity (Wildman–Crippen MR) is 164 cm³/mol. The second-order valence-electron chi connectivity index (χ2n) is 16.2. The number of rotatable bonds is 7. The summed E-state index contributed by atoms with van der Waals surface area (Å²) in [6.45, 7) is 25.7. The molecule has 40 heavy (non-hydrogen) atoms. The highest BCUT2D eigenvalue weighted by Crippen LogP contribution is 2.76. The van der Waals surface area contributed by atoms with Gasteiger partial charge in [-0.25, -0.2) is 0 Å². The molecule has 0 amide bonds. The van der Waals surface area contributed by atoms with Crippen LogP contribution in [0, 0.1) is 51.2 Å². The number of esters is 1. The molecule has 0 spiro atoms. The summed E-state index contributed by atoms with van der Waals surface area (Å²) in [7, 11) is 1.46. The summed E-state index contributed by atoms with van der Waals surface area (Å²) in [5, 5.41) is 10.3. The van der Waals surface area contributed by atoms with Gasteiger partial charge in [0.2, 0.25) is 0 Å². The summed E-state index contributed by atoms with van der Waals surface area (Å²) in [6.07, 6.45) is 13.0. The molecule has 0 unspecified atom stereocenters. The lowest BCUT2D eigenvalue weighted by atomic mass is 9.34. The van der Waals surface area contributed by atoms with Crippen molar-refractivity contribution in [2.24, 2.45) is 51.2 Å². The highest BCUT2D eigenvalue weighted by Gasteiger charge is 2.68. The van der Waals surface area contributed by atoms with E-state index in [1.165, 1.54) is 69.6 Å². The molecule has 4 saturated carbocycles. The van der Waals surface area contributed by atoms with Gasteiger partial charge < -0.3 is 9.84 Å². The number of carbonyl (C=O) groups excluding carboxylic acids is 1. The quantitative estimate of drug-likeness (QED) is 0.258. The third kappa shape index (κ3) is 4.48. The van der Waals surface area contributed by atoms with Crippen LogP contribution in [0.4, 0.5) is 0 Å². The van der Waals surface area contributed by atoms with Crippen LogP contribution in [0.25, 0.3) is 0 Å². The van der Waals surface area contributed by atoms with E-state index in [9.17, 15) is 9.90 Å². The zero-order chi connectivity index (χ0) is 29.3. The highest BCUT2D eigenvalue weighted by atomic mass is 16.5. The maximum absolute atomic E-state index is 12.4. The number of fused-ring (bicyclic) bond motifs is 5. The zero-order valence-corrected chi connectivity index (χ0v) is 26.9. The van der Waals surface area contributed by atoms with Gasteiger partial charge in [0.1, 0.15) is 6.04 Å². The largest absolute Gasteiger partial charge is 0.468 e. The number of ether oxygens (including phenoxy) is 1. The van der Waals surface area contributed by atoms with Crippen LogP contribution < -0.4 is 0 Å². The summed E-state index contributed by atoms with van der Waals surface area (Å²) in [5.74, 6) is 3.33. The van der Waals surface area contributed by atoms with Crippen LogP contribution in [0.2, 0.25) is 0 Å². The monoisotopic (exact) mass is 553 g/mol. The topological polar surface area (TPSA) is 49.8 Å². The summed E-state index contributed by atoms with van der Waals surface area (Å²) < 4.78 is 5.07. The van der Waals surface area contributed by atoms with Crippen LogP contribution in [0.3, 0.4) is 0 Å². The van der Waals surface area contributed by atoms with E-state index in [4.69, 9.17) is 4.74 Å². The van der Waals surface area contributed by atoms with Gasteiger partial charge in [-0.2, -0.15) is 0 Å². The van der Waals surface area contributed by atoms with Crippen molar-refractivity contribution in [2.45, 2.75) is 124 Å². The Bertz CT molecular complexity index is 1020. The molecule has 5 aliphatic rings. The molecule has 0 aromatic carbocycles. The molecule has 11 atom stereocenters. The maximum atomic E-state index is 12.4. The Hall–Kier alpha value is -1.13. The standard InChI is InChI=1S/C36H59NO3/c1-23(2)26-13-16-33(5)18-19-35(7)28(31(26)33)11-12-30-34(6,27(24(3)4)14-17-36(30,35)8)15-10-20-37-22-25(38)21-29(37)32(39)40-9/h25-31,38H,1,3,10-22H2,2,4-9H3/t25-,26+,27+,28-,29+,30-,31-,33-,34+,35-,36-/m1/s1. The van der Waals surface area contributed by atoms with E-state index in [1.54, 1.807) is 0 Å². The lowest BCUT2D eigenvalue weighted by Crippen LogP contribution is -2.63. The number of hydrogen-bond donors (Lipinski definition) is 1. The number of β-amino-alcohol motifs (C(OH)–C–C–N with tert-alkyl or cyclic N) is 1. The van der Waals surface area contributed by atoms with Gasteiger partial charge in [-0.1, -0.05) is 52.0 Å². The predicted octanol–water partition coefficient (Wildman–Crippen LogP) is 7.81. The van der Waals surface area contributed by atoms with E-state index in [0.717, 1.165) is 31.2 Å². The van der Waals surface area contributed by atoms with Crippen molar-refractivity contribution in [3.63, 3.8) is 0 Å². The minimum absolute atomic E-state index is 0.204. The first-order valence-corrected chi connectivity index (χ1v) is 16.5. The van der Waals surface area contributed by atoms with Crippen molar-refractivity contribution in [1.29, 1.82) is 0 Å². The van der Waals surface area contributed by atoms with Gasteiger partial charge in [0, 0.05) is 13.0 Å². The highest BCUT2D eigenvalue weighted by molar-refractivity contribution is 5.76. The number of carbonyl (C=O) groups is 1. The van der Waals surface area contributed by atoms with Crippen LogP contribution in [0.5, 0.6) is 0 Å².